The van der Waals surface area contributed by atoms with Gasteiger partial charge in [0.25, 0.3) is 0 Å². The Hall–Kier alpha value is -0.610. The molecule has 0 aromatic heterocycles. The van der Waals surface area contributed by atoms with E-state index in [1.54, 1.807) is 0 Å². The van der Waals surface area contributed by atoms with E-state index in [2.05, 4.69) is 5.32 Å². The number of rotatable bonds is 5. The highest BCUT2D eigenvalue weighted by atomic mass is 16.3. The highest BCUT2D eigenvalue weighted by Crippen LogP contribution is 2.27. The SMILES string of the molecule is CC(CC(N)=O)NCC1(O)CCCCC1. The second-order valence-corrected chi connectivity index (χ2v) is 4.74. The summed E-state index contributed by atoms with van der Waals surface area (Å²) in [5, 5.41) is 13.3. The van der Waals surface area contributed by atoms with Gasteiger partial charge < -0.3 is 16.2 Å². The second-order valence-electron chi connectivity index (χ2n) is 4.74. The number of aliphatic hydroxyl groups is 1. The van der Waals surface area contributed by atoms with Crippen LogP contribution in [0.15, 0.2) is 0 Å². The van der Waals surface area contributed by atoms with Crippen LogP contribution in [0, 0.1) is 0 Å². The van der Waals surface area contributed by atoms with E-state index in [9.17, 15) is 9.90 Å². The normalized spacial score (nSPS) is 22.3. The number of amides is 1. The Morgan fingerprint density at radius 2 is 2.07 bits per heavy atom. The third kappa shape index (κ3) is 4.62. The molecule has 0 spiro atoms. The summed E-state index contributed by atoms with van der Waals surface area (Å²) in [4.78, 5) is 10.7. The van der Waals surface area contributed by atoms with Gasteiger partial charge in [0, 0.05) is 19.0 Å². The average molecular weight is 214 g/mol. The van der Waals surface area contributed by atoms with Crippen LogP contribution < -0.4 is 11.1 Å². The molecule has 1 amide bonds. The Morgan fingerprint density at radius 3 is 2.60 bits per heavy atom. The van der Waals surface area contributed by atoms with Crippen LogP contribution in [0.3, 0.4) is 0 Å². The van der Waals surface area contributed by atoms with Crippen molar-refractivity contribution in [2.75, 3.05) is 6.54 Å². The monoisotopic (exact) mass is 214 g/mol. The molecule has 0 saturated heterocycles. The van der Waals surface area contributed by atoms with E-state index in [1.165, 1.54) is 6.42 Å². The van der Waals surface area contributed by atoms with Crippen molar-refractivity contribution in [1.29, 1.82) is 0 Å². The molecular weight excluding hydrogens is 192 g/mol. The lowest BCUT2D eigenvalue weighted by atomic mass is 9.85. The minimum absolute atomic E-state index is 0.0495. The van der Waals surface area contributed by atoms with E-state index in [0.717, 1.165) is 25.7 Å². The van der Waals surface area contributed by atoms with Gasteiger partial charge in [-0.2, -0.15) is 0 Å². The molecule has 1 aliphatic carbocycles. The molecule has 0 bridgehead atoms. The summed E-state index contributed by atoms with van der Waals surface area (Å²) in [5.41, 5.74) is 4.53. The van der Waals surface area contributed by atoms with Gasteiger partial charge in [0.05, 0.1) is 5.60 Å². The lowest BCUT2D eigenvalue weighted by Gasteiger charge is -2.33. The van der Waals surface area contributed by atoms with Gasteiger partial charge >= 0.3 is 0 Å². The van der Waals surface area contributed by atoms with E-state index >= 15 is 0 Å². The van der Waals surface area contributed by atoms with Crippen molar-refractivity contribution in [2.45, 2.75) is 57.1 Å². The fraction of sp³-hybridized carbons (Fsp3) is 0.909. The number of primary amides is 1. The molecule has 1 unspecified atom stereocenters. The van der Waals surface area contributed by atoms with Gasteiger partial charge in [0.15, 0.2) is 0 Å². The molecule has 88 valence electrons. The summed E-state index contributed by atoms with van der Waals surface area (Å²) < 4.78 is 0. The Morgan fingerprint density at radius 1 is 1.47 bits per heavy atom. The summed E-state index contributed by atoms with van der Waals surface area (Å²) in [5.74, 6) is -0.300. The number of hydrogen-bond donors (Lipinski definition) is 3. The fourth-order valence-corrected chi connectivity index (χ4v) is 2.12. The molecule has 1 rings (SSSR count). The first-order chi connectivity index (χ1) is 7.02. The van der Waals surface area contributed by atoms with Gasteiger partial charge in [-0.05, 0) is 19.8 Å². The molecule has 4 heteroatoms. The van der Waals surface area contributed by atoms with E-state index in [1.807, 2.05) is 6.92 Å². The maximum atomic E-state index is 10.7. The quantitative estimate of drug-likeness (QED) is 0.625. The minimum Gasteiger partial charge on any atom is -0.389 e. The molecule has 0 radical (unpaired) electrons. The van der Waals surface area contributed by atoms with Gasteiger partial charge in [-0.3, -0.25) is 4.79 Å². The fourth-order valence-electron chi connectivity index (χ4n) is 2.12. The molecule has 1 atom stereocenters. The smallest absolute Gasteiger partial charge is 0.218 e. The van der Waals surface area contributed by atoms with E-state index in [-0.39, 0.29) is 11.9 Å². The number of nitrogens with two attached hydrogens (primary N) is 1. The number of carbonyl (C=O) groups is 1. The van der Waals surface area contributed by atoms with Crippen molar-refractivity contribution in [3.8, 4) is 0 Å². The Balaban J connectivity index is 2.25. The summed E-state index contributed by atoms with van der Waals surface area (Å²) >= 11 is 0. The molecule has 0 heterocycles. The van der Waals surface area contributed by atoms with Crippen LogP contribution in [0.5, 0.6) is 0 Å². The topological polar surface area (TPSA) is 75.4 Å². The minimum atomic E-state index is -0.565. The maximum absolute atomic E-state index is 10.7. The zero-order valence-electron chi connectivity index (χ0n) is 9.46. The zero-order chi connectivity index (χ0) is 11.3. The number of carbonyl (C=O) groups excluding carboxylic acids is 1. The van der Waals surface area contributed by atoms with Crippen LogP contribution in [0.1, 0.15) is 45.4 Å². The molecule has 0 aliphatic heterocycles. The zero-order valence-corrected chi connectivity index (χ0v) is 9.46. The van der Waals surface area contributed by atoms with Crippen molar-refractivity contribution >= 4 is 5.91 Å². The average Bonchev–Trinajstić information content (AvgIpc) is 2.15. The Bertz CT molecular complexity index is 213. The lowest BCUT2D eigenvalue weighted by molar-refractivity contribution is -0.118. The molecule has 1 fully saturated rings. The number of hydrogen-bond acceptors (Lipinski definition) is 3. The number of nitrogens with one attached hydrogen (secondary N) is 1. The summed E-state index contributed by atoms with van der Waals surface area (Å²) in [6.07, 6.45) is 5.48. The summed E-state index contributed by atoms with van der Waals surface area (Å²) in [6, 6.07) is 0.0495. The predicted octanol–water partition coefficient (Wildman–Crippen LogP) is 0.535. The Labute approximate surface area is 91.2 Å². The van der Waals surface area contributed by atoms with Crippen molar-refractivity contribution in [3.63, 3.8) is 0 Å². The first-order valence-electron chi connectivity index (χ1n) is 5.76. The predicted molar refractivity (Wildman–Crippen MR) is 59.3 cm³/mol. The highest BCUT2D eigenvalue weighted by molar-refractivity contribution is 5.74. The van der Waals surface area contributed by atoms with Crippen LogP contribution in [0.2, 0.25) is 0 Å². The molecule has 15 heavy (non-hydrogen) atoms. The van der Waals surface area contributed by atoms with Gasteiger partial charge in [-0.1, -0.05) is 19.3 Å². The van der Waals surface area contributed by atoms with Gasteiger partial charge in [0.1, 0.15) is 0 Å². The van der Waals surface area contributed by atoms with Crippen molar-refractivity contribution < 1.29 is 9.90 Å². The highest BCUT2D eigenvalue weighted by Gasteiger charge is 2.29. The Kier molecular flexibility index (Phi) is 4.54. The van der Waals surface area contributed by atoms with Crippen LogP contribution >= 0.6 is 0 Å². The van der Waals surface area contributed by atoms with Crippen LogP contribution in [0.4, 0.5) is 0 Å². The molecule has 4 N–H and O–H groups in total. The molecule has 1 saturated carbocycles. The standard InChI is InChI=1S/C11H22N2O2/c1-9(7-10(12)14)13-8-11(15)5-3-2-4-6-11/h9,13,15H,2-8H2,1H3,(H2,12,14). The first kappa shape index (κ1) is 12.5. The van der Waals surface area contributed by atoms with Crippen molar-refractivity contribution in [3.05, 3.63) is 0 Å². The molecule has 0 aromatic rings. The summed E-state index contributed by atoms with van der Waals surface area (Å²) in [6.45, 7) is 2.48. The molecular formula is C11H22N2O2. The van der Waals surface area contributed by atoms with Gasteiger partial charge in [-0.25, -0.2) is 0 Å². The molecule has 1 aliphatic rings. The van der Waals surface area contributed by atoms with E-state index in [4.69, 9.17) is 5.73 Å². The lowest BCUT2D eigenvalue weighted by Crippen LogP contribution is -2.45. The van der Waals surface area contributed by atoms with Gasteiger partial charge in [0.2, 0.25) is 5.91 Å². The van der Waals surface area contributed by atoms with E-state index in [0.29, 0.717) is 13.0 Å². The van der Waals surface area contributed by atoms with Crippen molar-refractivity contribution in [1.82, 2.24) is 5.32 Å². The van der Waals surface area contributed by atoms with E-state index < -0.39 is 5.60 Å². The third-order valence-electron chi connectivity index (χ3n) is 3.07. The molecule has 4 nitrogen and oxygen atoms in total. The van der Waals surface area contributed by atoms with Crippen LogP contribution in [0.25, 0.3) is 0 Å². The maximum Gasteiger partial charge on any atom is 0.218 e. The third-order valence-corrected chi connectivity index (χ3v) is 3.07. The second kappa shape index (κ2) is 5.47. The largest absolute Gasteiger partial charge is 0.389 e. The van der Waals surface area contributed by atoms with Crippen LogP contribution in [-0.4, -0.2) is 29.2 Å². The first-order valence-corrected chi connectivity index (χ1v) is 5.76. The summed E-state index contributed by atoms with van der Waals surface area (Å²) in [7, 11) is 0. The van der Waals surface area contributed by atoms with Crippen molar-refractivity contribution in [2.24, 2.45) is 5.73 Å². The van der Waals surface area contributed by atoms with Crippen LogP contribution in [-0.2, 0) is 4.79 Å². The molecule has 0 aromatic carbocycles. The van der Waals surface area contributed by atoms with Gasteiger partial charge in [-0.15, -0.1) is 0 Å².